The second-order valence-electron chi connectivity index (χ2n) is 9.64. The number of aliphatic hydroxyl groups excluding tert-OH is 2. The van der Waals surface area contributed by atoms with Crippen molar-refractivity contribution >= 4 is 11.8 Å². The Balaban J connectivity index is 3.89. The van der Waals surface area contributed by atoms with E-state index >= 15 is 0 Å². The van der Waals surface area contributed by atoms with Gasteiger partial charge >= 0.3 is 5.97 Å². The fourth-order valence-corrected chi connectivity index (χ4v) is 3.73. The molecule has 0 spiro atoms. The van der Waals surface area contributed by atoms with Crippen LogP contribution in [0.2, 0.25) is 0 Å². The molecule has 0 aliphatic heterocycles. The van der Waals surface area contributed by atoms with Crippen LogP contribution in [0.1, 0.15) is 105 Å². The minimum Gasteiger partial charge on any atom is -0.479 e. The fraction of sp³-hybridized carbons (Fsp3) is 0.840. The molecule has 4 unspecified atom stereocenters. The van der Waals surface area contributed by atoms with E-state index in [1.54, 1.807) is 0 Å². The van der Waals surface area contributed by atoms with Crippen LogP contribution in [0.5, 0.6) is 0 Å². The van der Waals surface area contributed by atoms with Crippen molar-refractivity contribution in [3.05, 3.63) is 11.6 Å². The Morgan fingerprint density at radius 1 is 0.767 bits per heavy atom. The number of aliphatic carboxylic acids is 1. The van der Waals surface area contributed by atoms with Gasteiger partial charge in [-0.3, -0.25) is 4.79 Å². The molecule has 0 aromatic rings. The van der Waals surface area contributed by atoms with Crippen molar-refractivity contribution in [1.29, 1.82) is 0 Å². The Bertz CT molecular complexity index is 512. The standard InChI is InChI=1S/C25H46O5/c1-18(2)10-6-11-19(3)12-7-13-20(4)14-8-15-21(5)16-9-17-22(26)23(27)24(28)25(29)30/h16,18-20,23-24,27-28H,6-15,17H2,1-5H3,(H,29,30). The predicted octanol–water partition coefficient (Wildman–Crippen LogP) is 5.53. The van der Waals surface area contributed by atoms with Crippen molar-refractivity contribution in [2.75, 3.05) is 0 Å². The SMILES string of the molecule is CC(=CCCC(=O)C(O)C(O)C(=O)O)CCCC(C)CCCC(C)CCCC(C)C. The molecular formula is C25H46O5. The van der Waals surface area contributed by atoms with Gasteiger partial charge in [-0.2, -0.15) is 0 Å². The molecule has 0 aromatic heterocycles. The number of carboxylic acids is 1. The van der Waals surface area contributed by atoms with Gasteiger partial charge in [-0.25, -0.2) is 4.79 Å². The molecule has 0 amide bonds. The van der Waals surface area contributed by atoms with E-state index in [2.05, 4.69) is 27.7 Å². The van der Waals surface area contributed by atoms with Gasteiger partial charge in [0.25, 0.3) is 0 Å². The van der Waals surface area contributed by atoms with Crippen LogP contribution in [-0.2, 0) is 9.59 Å². The molecule has 0 heterocycles. The van der Waals surface area contributed by atoms with Crippen LogP contribution in [0.15, 0.2) is 11.6 Å². The zero-order valence-electron chi connectivity index (χ0n) is 19.9. The fourth-order valence-electron chi connectivity index (χ4n) is 3.73. The lowest BCUT2D eigenvalue weighted by molar-refractivity contribution is -0.157. The van der Waals surface area contributed by atoms with E-state index in [1.165, 1.54) is 50.5 Å². The molecule has 0 bridgehead atoms. The van der Waals surface area contributed by atoms with E-state index in [0.29, 0.717) is 6.42 Å². The molecule has 4 atom stereocenters. The lowest BCUT2D eigenvalue weighted by Gasteiger charge is -2.15. The van der Waals surface area contributed by atoms with Gasteiger partial charge in [0.05, 0.1) is 0 Å². The maximum absolute atomic E-state index is 11.7. The van der Waals surface area contributed by atoms with Gasteiger partial charge in [0.15, 0.2) is 11.9 Å². The maximum atomic E-state index is 11.7. The van der Waals surface area contributed by atoms with Crippen LogP contribution in [0.25, 0.3) is 0 Å². The summed E-state index contributed by atoms with van der Waals surface area (Å²) in [5.41, 5.74) is 1.21. The first-order valence-electron chi connectivity index (χ1n) is 11.8. The van der Waals surface area contributed by atoms with E-state index < -0.39 is 24.0 Å². The van der Waals surface area contributed by atoms with Crippen LogP contribution in [0.4, 0.5) is 0 Å². The predicted molar refractivity (Wildman–Crippen MR) is 122 cm³/mol. The van der Waals surface area contributed by atoms with Crippen molar-refractivity contribution in [2.45, 2.75) is 117 Å². The van der Waals surface area contributed by atoms with Crippen molar-refractivity contribution in [3.63, 3.8) is 0 Å². The number of Topliss-reactive ketones (excluding diaryl/α,β-unsaturated/α-hetero) is 1. The highest BCUT2D eigenvalue weighted by molar-refractivity contribution is 5.89. The molecule has 176 valence electrons. The number of carbonyl (C=O) groups excluding carboxylic acids is 1. The summed E-state index contributed by atoms with van der Waals surface area (Å²) in [7, 11) is 0. The molecule has 0 aliphatic carbocycles. The smallest absolute Gasteiger partial charge is 0.335 e. The summed E-state index contributed by atoms with van der Waals surface area (Å²) in [6, 6.07) is 0. The molecule has 5 heteroatoms. The average molecular weight is 427 g/mol. The first-order chi connectivity index (χ1) is 14.0. The number of ketones is 1. The minimum absolute atomic E-state index is 0.0363. The summed E-state index contributed by atoms with van der Waals surface area (Å²) in [6.07, 6.45) is 9.86. The monoisotopic (exact) mass is 426 g/mol. The number of aliphatic hydroxyl groups is 2. The van der Waals surface area contributed by atoms with Crippen LogP contribution >= 0.6 is 0 Å². The number of allylic oxidation sites excluding steroid dienone is 2. The molecule has 0 rings (SSSR count). The molecule has 5 nitrogen and oxygen atoms in total. The van der Waals surface area contributed by atoms with Gasteiger partial charge in [-0.05, 0) is 43.9 Å². The highest BCUT2D eigenvalue weighted by atomic mass is 16.4. The van der Waals surface area contributed by atoms with Gasteiger partial charge in [-0.15, -0.1) is 0 Å². The Morgan fingerprint density at radius 3 is 1.77 bits per heavy atom. The molecule has 0 aromatic carbocycles. The number of hydrogen-bond donors (Lipinski definition) is 3. The summed E-state index contributed by atoms with van der Waals surface area (Å²) in [5.74, 6) is 0.152. The normalized spacial score (nSPS) is 16.3. The largest absolute Gasteiger partial charge is 0.479 e. The quantitative estimate of drug-likeness (QED) is 0.251. The van der Waals surface area contributed by atoms with Crippen molar-refractivity contribution in [3.8, 4) is 0 Å². The van der Waals surface area contributed by atoms with Gasteiger partial charge in [-0.1, -0.05) is 84.3 Å². The minimum atomic E-state index is -2.05. The maximum Gasteiger partial charge on any atom is 0.335 e. The highest BCUT2D eigenvalue weighted by Crippen LogP contribution is 2.22. The summed E-state index contributed by atoms with van der Waals surface area (Å²) in [5, 5.41) is 27.3. The number of rotatable bonds is 18. The molecule has 0 aliphatic rings. The second kappa shape index (κ2) is 16.5. The van der Waals surface area contributed by atoms with E-state index in [4.69, 9.17) is 5.11 Å². The first kappa shape index (κ1) is 28.8. The molecule has 0 saturated heterocycles. The molecule has 30 heavy (non-hydrogen) atoms. The van der Waals surface area contributed by atoms with Crippen LogP contribution < -0.4 is 0 Å². The summed E-state index contributed by atoms with van der Waals surface area (Å²) in [6.45, 7) is 11.3. The average Bonchev–Trinajstić information content (AvgIpc) is 2.66. The van der Waals surface area contributed by atoms with Gasteiger partial charge in [0.2, 0.25) is 0 Å². The molecular weight excluding hydrogens is 380 g/mol. The zero-order valence-corrected chi connectivity index (χ0v) is 19.9. The number of carbonyl (C=O) groups is 2. The molecule has 0 fully saturated rings. The summed E-state index contributed by atoms with van der Waals surface area (Å²) >= 11 is 0. The van der Waals surface area contributed by atoms with Gasteiger partial charge in [0, 0.05) is 6.42 Å². The van der Waals surface area contributed by atoms with Gasteiger partial charge in [0.1, 0.15) is 6.10 Å². The second-order valence-corrected chi connectivity index (χ2v) is 9.64. The zero-order chi connectivity index (χ0) is 23.1. The lowest BCUT2D eigenvalue weighted by Crippen LogP contribution is -2.39. The number of hydrogen-bond acceptors (Lipinski definition) is 4. The molecule has 0 radical (unpaired) electrons. The number of carboxylic acid groups (broad SMARTS) is 1. The van der Waals surface area contributed by atoms with E-state index in [9.17, 15) is 19.8 Å². The van der Waals surface area contributed by atoms with Crippen molar-refractivity contribution < 1.29 is 24.9 Å². The first-order valence-corrected chi connectivity index (χ1v) is 11.8. The third-order valence-electron chi connectivity index (χ3n) is 5.91. The third kappa shape index (κ3) is 14.7. The Labute approximate surface area is 184 Å². The van der Waals surface area contributed by atoms with Crippen LogP contribution in [0, 0.1) is 17.8 Å². The topological polar surface area (TPSA) is 94.8 Å². The van der Waals surface area contributed by atoms with Crippen molar-refractivity contribution in [1.82, 2.24) is 0 Å². The molecule has 0 saturated carbocycles. The summed E-state index contributed by atoms with van der Waals surface area (Å²) < 4.78 is 0. The van der Waals surface area contributed by atoms with Crippen LogP contribution in [0.3, 0.4) is 0 Å². The van der Waals surface area contributed by atoms with E-state index in [0.717, 1.165) is 30.6 Å². The Hall–Kier alpha value is -1.20. The highest BCUT2D eigenvalue weighted by Gasteiger charge is 2.29. The Kier molecular flexibility index (Phi) is 15.8. The third-order valence-corrected chi connectivity index (χ3v) is 5.91. The molecule has 3 N–H and O–H groups in total. The lowest BCUT2D eigenvalue weighted by atomic mass is 9.91. The summed E-state index contributed by atoms with van der Waals surface area (Å²) in [4.78, 5) is 22.3. The van der Waals surface area contributed by atoms with Crippen molar-refractivity contribution in [2.24, 2.45) is 17.8 Å². The van der Waals surface area contributed by atoms with E-state index in [-0.39, 0.29) is 6.42 Å². The van der Waals surface area contributed by atoms with E-state index in [1.807, 2.05) is 13.0 Å². The van der Waals surface area contributed by atoms with Crippen LogP contribution in [-0.4, -0.2) is 39.3 Å². The van der Waals surface area contributed by atoms with Gasteiger partial charge < -0.3 is 15.3 Å². The Morgan fingerprint density at radius 2 is 1.27 bits per heavy atom.